The average molecular weight is 520 g/mol. The fourth-order valence-corrected chi connectivity index (χ4v) is 3.25. The summed E-state index contributed by atoms with van der Waals surface area (Å²) in [5, 5.41) is 18.5. The summed E-state index contributed by atoms with van der Waals surface area (Å²) in [7, 11) is 1.20. The summed E-state index contributed by atoms with van der Waals surface area (Å²) < 4.78 is 15.7. The molecule has 10 heteroatoms. The third-order valence-corrected chi connectivity index (χ3v) is 5.09. The first-order valence-corrected chi connectivity index (χ1v) is 12.1. The number of esters is 1. The van der Waals surface area contributed by atoms with Crippen LogP contribution in [0.5, 0.6) is 5.75 Å². The lowest BCUT2D eigenvalue weighted by Crippen LogP contribution is -2.58. The average Bonchev–Trinajstić information content (AvgIpc) is 2.82. The van der Waals surface area contributed by atoms with E-state index in [1.165, 1.54) is 13.2 Å². The van der Waals surface area contributed by atoms with E-state index in [1.807, 2.05) is 0 Å². The molecule has 37 heavy (non-hydrogen) atoms. The fraction of sp³-hybridized carbons (Fsp3) is 0.519. The molecule has 2 amide bonds. The minimum absolute atomic E-state index is 0.183. The first-order chi connectivity index (χ1) is 17.3. The zero-order chi connectivity index (χ0) is 28.2. The summed E-state index contributed by atoms with van der Waals surface area (Å²) in [4.78, 5) is 38.1. The number of rotatable bonds is 15. The largest absolute Gasteiger partial charge is 0.490 e. The molecule has 0 heterocycles. The lowest BCUT2D eigenvalue weighted by molar-refractivity contribution is -0.187. The van der Waals surface area contributed by atoms with Gasteiger partial charge in [-0.25, -0.2) is 4.79 Å². The molecule has 0 fully saturated rings. The smallest absolute Gasteiger partial charge is 0.332 e. The Bertz CT molecular complexity index is 910. The van der Waals surface area contributed by atoms with Crippen LogP contribution in [0.15, 0.2) is 49.6 Å². The molecule has 1 unspecified atom stereocenters. The van der Waals surface area contributed by atoms with Gasteiger partial charge < -0.3 is 30.0 Å². The standard InChI is InChI=1S/C27H41N3O7/c1-9-15-36-19-13-11-18(12-14-19)16-21(29-26(34)37-27(5,6)7)23(31)30-22(17(3)4)24(32)28-20(10-2)25(33)35-8/h9-14,17,20-22,26,29,34H,1-2,15-16H2,3-8H3,(H,28,32)(H,30,31)/t20-,21-,22-,26?/m0/s1. The van der Waals surface area contributed by atoms with Gasteiger partial charge >= 0.3 is 5.97 Å². The predicted molar refractivity (Wildman–Crippen MR) is 141 cm³/mol. The van der Waals surface area contributed by atoms with Crippen molar-refractivity contribution in [3.63, 3.8) is 0 Å². The van der Waals surface area contributed by atoms with Gasteiger partial charge in [-0.1, -0.05) is 44.7 Å². The van der Waals surface area contributed by atoms with Crippen molar-refractivity contribution in [2.75, 3.05) is 13.7 Å². The van der Waals surface area contributed by atoms with E-state index in [9.17, 15) is 19.5 Å². The maximum absolute atomic E-state index is 13.4. The number of carbonyl (C=O) groups is 3. The van der Waals surface area contributed by atoms with Crippen molar-refractivity contribution in [3.8, 4) is 5.75 Å². The number of amides is 2. The third kappa shape index (κ3) is 11.6. The molecule has 4 N–H and O–H groups in total. The van der Waals surface area contributed by atoms with Gasteiger partial charge in [0.25, 0.3) is 0 Å². The summed E-state index contributed by atoms with van der Waals surface area (Å²) >= 11 is 0. The number of hydrogen-bond acceptors (Lipinski definition) is 8. The Labute approximate surface area is 219 Å². The highest BCUT2D eigenvalue weighted by atomic mass is 16.6. The van der Waals surface area contributed by atoms with Crippen molar-refractivity contribution in [2.24, 2.45) is 5.92 Å². The Hall–Kier alpha value is -3.21. The van der Waals surface area contributed by atoms with E-state index in [0.717, 1.165) is 5.56 Å². The van der Waals surface area contributed by atoms with Crippen LogP contribution in [0.1, 0.15) is 40.2 Å². The highest BCUT2D eigenvalue weighted by molar-refractivity contribution is 5.92. The van der Waals surface area contributed by atoms with Crippen LogP contribution in [0.2, 0.25) is 0 Å². The lowest BCUT2D eigenvalue weighted by atomic mass is 10.0. The highest BCUT2D eigenvalue weighted by Gasteiger charge is 2.31. The number of ether oxygens (including phenoxy) is 3. The molecule has 0 spiro atoms. The van der Waals surface area contributed by atoms with Crippen molar-refractivity contribution < 1.29 is 33.7 Å². The highest BCUT2D eigenvalue weighted by Crippen LogP contribution is 2.15. The molecular formula is C27H41N3O7. The van der Waals surface area contributed by atoms with E-state index in [1.54, 1.807) is 65.0 Å². The fourth-order valence-electron chi connectivity index (χ4n) is 3.25. The second-order valence-corrected chi connectivity index (χ2v) is 9.72. The molecule has 1 aromatic carbocycles. The van der Waals surface area contributed by atoms with Crippen LogP contribution in [-0.4, -0.2) is 66.7 Å². The summed E-state index contributed by atoms with van der Waals surface area (Å²) in [5.74, 6) is -1.46. The number of hydrogen-bond donors (Lipinski definition) is 4. The Morgan fingerprint density at radius 1 is 1.05 bits per heavy atom. The van der Waals surface area contributed by atoms with Gasteiger partial charge in [-0.2, -0.15) is 0 Å². The molecule has 1 rings (SSSR count). The van der Waals surface area contributed by atoms with Crippen LogP contribution >= 0.6 is 0 Å². The zero-order valence-electron chi connectivity index (χ0n) is 22.6. The zero-order valence-corrected chi connectivity index (χ0v) is 22.6. The molecule has 10 nitrogen and oxygen atoms in total. The Balaban J connectivity index is 3.10. The molecule has 0 aliphatic carbocycles. The van der Waals surface area contributed by atoms with Gasteiger partial charge in [0.2, 0.25) is 18.2 Å². The first kappa shape index (κ1) is 31.8. The van der Waals surface area contributed by atoms with E-state index in [4.69, 9.17) is 9.47 Å². The molecule has 0 saturated carbocycles. The lowest BCUT2D eigenvalue weighted by Gasteiger charge is -2.29. The first-order valence-electron chi connectivity index (χ1n) is 12.1. The van der Waals surface area contributed by atoms with E-state index in [0.29, 0.717) is 12.4 Å². The molecule has 1 aromatic rings. The maximum atomic E-state index is 13.4. The van der Waals surface area contributed by atoms with Crippen molar-refractivity contribution in [1.29, 1.82) is 0 Å². The topological polar surface area (TPSA) is 135 Å². The van der Waals surface area contributed by atoms with Crippen LogP contribution in [0.4, 0.5) is 0 Å². The van der Waals surface area contributed by atoms with Crippen molar-refractivity contribution in [2.45, 2.75) is 71.2 Å². The van der Waals surface area contributed by atoms with Gasteiger partial charge in [0.05, 0.1) is 18.8 Å². The Kier molecular flexibility index (Phi) is 13.0. The van der Waals surface area contributed by atoms with Gasteiger partial charge in [-0.15, -0.1) is 6.58 Å². The molecule has 0 bridgehead atoms. The molecule has 0 radical (unpaired) electrons. The van der Waals surface area contributed by atoms with Gasteiger partial charge in [0, 0.05) is 0 Å². The molecule has 206 valence electrons. The van der Waals surface area contributed by atoms with Gasteiger partial charge in [-0.05, 0) is 50.8 Å². The van der Waals surface area contributed by atoms with Gasteiger partial charge in [0.1, 0.15) is 24.4 Å². The second-order valence-electron chi connectivity index (χ2n) is 9.72. The molecule has 4 atom stereocenters. The molecule has 0 aliphatic rings. The number of methoxy groups -OCH3 is 1. The van der Waals surface area contributed by atoms with E-state index >= 15 is 0 Å². The molecule has 0 aromatic heterocycles. The predicted octanol–water partition coefficient (Wildman–Crippen LogP) is 1.83. The van der Waals surface area contributed by atoms with Crippen LogP contribution < -0.4 is 20.7 Å². The SMILES string of the molecule is C=CCOc1ccc(C[C@H](NC(O)OC(C)(C)C)C(=O)N[C@H](C(=O)N[C@@H](C=C)C(=O)OC)C(C)C)cc1. The summed E-state index contributed by atoms with van der Waals surface area (Å²) in [5.41, 5.74) is 0.107. The van der Waals surface area contributed by atoms with Crippen molar-refractivity contribution in [3.05, 3.63) is 55.1 Å². The minimum Gasteiger partial charge on any atom is -0.490 e. The molecular weight excluding hydrogens is 478 g/mol. The molecule has 0 aliphatic heterocycles. The van der Waals surface area contributed by atoms with E-state index in [2.05, 4.69) is 33.8 Å². The van der Waals surface area contributed by atoms with Crippen LogP contribution in [0.25, 0.3) is 0 Å². The number of aliphatic hydroxyl groups excluding tert-OH is 1. The van der Waals surface area contributed by atoms with Crippen LogP contribution in [0, 0.1) is 5.92 Å². The van der Waals surface area contributed by atoms with Gasteiger partial charge in [-0.3, -0.25) is 14.9 Å². The quantitative estimate of drug-likeness (QED) is 0.157. The summed E-state index contributed by atoms with van der Waals surface area (Å²) in [6.07, 6.45) is 1.62. The number of aliphatic hydroxyl groups is 1. The van der Waals surface area contributed by atoms with Crippen LogP contribution in [-0.2, 0) is 30.3 Å². The summed E-state index contributed by atoms with van der Waals surface area (Å²) in [6.45, 7) is 16.3. The monoisotopic (exact) mass is 519 g/mol. The Morgan fingerprint density at radius 3 is 2.16 bits per heavy atom. The second kappa shape index (κ2) is 15.1. The summed E-state index contributed by atoms with van der Waals surface area (Å²) in [6, 6.07) is 4.14. The maximum Gasteiger partial charge on any atom is 0.332 e. The van der Waals surface area contributed by atoms with Crippen LogP contribution in [0.3, 0.4) is 0 Å². The number of nitrogens with one attached hydrogen (secondary N) is 3. The van der Waals surface area contributed by atoms with E-state index < -0.39 is 47.9 Å². The van der Waals surface area contributed by atoms with Crippen molar-refractivity contribution in [1.82, 2.24) is 16.0 Å². The van der Waals surface area contributed by atoms with Gasteiger partial charge in [0.15, 0.2) is 0 Å². The number of benzene rings is 1. The van der Waals surface area contributed by atoms with Crippen molar-refractivity contribution >= 4 is 17.8 Å². The number of carbonyl (C=O) groups excluding carboxylic acids is 3. The third-order valence-electron chi connectivity index (χ3n) is 5.09. The Morgan fingerprint density at radius 2 is 1.68 bits per heavy atom. The normalized spacial score (nSPS) is 14.6. The molecule has 0 saturated heterocycles. The minimum atomic E-state index is -1.44. The van der Waals surface area contributed by atoms with E-state index in [-0.39, 0.29) is 12.3 Å².